The number of rotatable bonds is 1. The summed E-state index contributed by atoms with van der Waals surface area (Å²) in [5.74, 6) is -2.98. The molecule has 0 amide bonds. The molecule has 0 unspecified atom stereocenters. The average molecular weight is 129 g/mol. The fourth-order valence-corrected chi connectivity index (χ4v) is 0.333. The molecule has 0 heterocycles. The van der Waals surface area contributed by atoms with Gasteiger partial charge in [0, 0.05) is 0 Å². The molecule has 50 valence electrons. The predicted molar refractivity (Wildman–Crippen MR) is 28.8 cm³/mol. The predicted octanol–water partition coefficient (Wildman–Crippen LogP) is -0.913. The third-order valence-corrected chi connectivity index (χ3v) is 0.770. The van der Waals surface area contributed by atoms with Crippen LogP contribution in [0.25, 0.3) is 0 Å². The minimum absolute atomic E-state index is 0.484. The molecule has 0 radical (unpaired) electrons. The van der Waals surface area contributed by atoms with Crippen molar-refractivity contribution in [3.63, 3.8) is 0 Å². The van der Waals surface area contributed by atoms with Gasteiger partial charge >= 0.3 is 5.97 Å². The molecule has 0 rings (SSSR count). The van der Waals surface area contributed by atoms with Gasteiger partial charge in [0.2, 0.25) is 0 Å². The summed E-state index contributed by atoms with van der Waals surface area (Å²) in [6.45, 7) is 1.41. The summed E-state index contributed by atoms with van der Waals surface area (Å²) >= 11 is 0. The fourth-order valence-electron chi connectivity index (χ4n) is 0.333. The van der Waals surface area contributed by atoms with Crippen LogP contribution in [0.15, 0.2) is 11.6 Å². The van der Waals surface area contributed by atoms with E-state index in [1.54, 1.807) is 0 Å². The van der Waals surface area contributed by atoms with Crippen LogP contribution in [0.4, 0.5) is 0 Å². The van der Waals surface area contributed by atoms with E-state index in [1.807, 2.05) is 0 Å². The molecule has 0 spiro atoms. The van der Waals surface area contributed by atoms with E-state index in [9.17, 15) is 0 Å². The maximum atomic E-state index is 8.30. The first-order valence-corrected chi connectivity index (χ1v) is 2.26. The van der Waals surface area contributed by atoms with Crippen molar-refractivity contribution in [2.24, 2.45) is 0 Å². The molecule has 0 aromatic rings. The lowest BCUT2D eigenvalue weighted by atomic mass is 10.2. The number of nitrogens with zero attached hydrogens (tertiary/aromatic N) is 1. The lowest BCUT2D eigenvalue weighted by molar-refractivity contribution is -0.279. The molecule has 0 fully saturated rings. The Hall–Kier alpha value is -0.890. The van der Waals surface area contributed by atoms with E-state index in [-0.39, 0.29) is 0 Å². The van der Waals surface area contributed by atoms with Gasteiger partial charge in [-0.05, 0) is 6.92 Å². The van der Waals surface area contributed by atoms with Crippen molar-refractivity contribution in [2.45, 2.75) is 12.9 Å². The molecule has 0 saturated carbocycles. The lowest BCUT2D eigenvalue weighted by Crippen LogP contribution is -2.28. The molecule has 3 N–H and O–H groups in total. The van der Waals surface area contributed by atoms with E-state index >= 15 is 0 Å². The molecule has 0 aliphatic carbocycles. The monoisotopic (exact) mass is 129 g/mol. The van der Waals surface area contributed by atoms with Crippen LogP contribution in [0.1, 0.15) is 6.92 Å². The number of hydrogen-bond acceptors (Lipinski definition) is 4. The fraction of sp³-hybridized carbons (Fsp3) is 0.400. The minimum atomic E-state index is -2.98. The molecular formula is C5H7NO3. The number of aliphatic hydroxyl groups is 3. The highest BCUT2D eigenvalue weighted by molar-refractivity contribution is 5.23. The van der Waals surface area contributed by atoms with Gasteiger partial charge < -0.3 is 15.3 Å². The van der Waals surface area contributed by atoms with Crippen molar-refractivity contribution < 1.29 is 15.3 Å². The van der Waals surface area contributed by atoms with Crippen molar-refractivity contribution in [1.82, 2.24) is 0 Å². The Morgan fingerprint density at radius 2 is 2.00 bits per heavy atom. The van der Waals surface area contributed by atoms with E-state index in [0.29, 0.717) is 0 Å². The summed E-state index contributed by atoms with van der Waals surface area (Å²) in [6.07, 6.45) is 1.11. The summed E-state index contributed by atoms with van der Waals surface area (Å²) in [4.78, 5) is 0. The van der Waals surface area contributed by atoms with Crippen molar-refractivity contribution in [1.29, 1.82) is 5.26 Å². The third-order valence-electron chi connectivity index (χ3n) is 0.770. The van der Waals surface area contributed by atoms with Crippen LogP contribution in [-0.2, 0) is 0 Å². The van der Waals surface area contributed by atoms with Gasteiger partial charge in [0.15, 0.2) is 0 Å². The van der Waals surface area contributed by atoms with E-state index in [1.165, 1.54) is 13.0 Å². The Morgan fingerprint density at radius 3 is 2.00 bits per heavy atom. The first-order valence-electron chi connectivity index (χ1n) is 2.26. The van der Waals surface area contributed by atoms with Gasteiger partial charge in [0.05, 0.1) is 0 Å². The van der Waals surface area contributed by atoms with Gasteiger partial charge in [0.1, 0.15) is 11.6 Å². The highest BCUT2D eigenvalue weighted by Crippen LogP contribution is 2.06. The molecule has 0 aliphatic rings. The zero-order chi connectivity index (χ0) is 7.49. The van der Waals surface area contributed by atoms with Crippen molar-refractivity contribution >= 4 is 0 Å². The quantitative estimate of drug-likeness (QED) is 0.316. The summed E-state index contributed by atoms with van der Waals surface area (Å²) < 4.78 is 0. The number of nitriles is 1. The SMILES string of the molecule is CC=C(C#N)C(O)(O)O. The average Bonchev–Trinajstić information content (AvgIpc) is 1.65. The van der Waals surface area contributed by atoms with Crippen LogP contribution in [0, 0.1) is 11.3 Å². The Labute approximate surface area is 52.3 Å². The van der Waals surface area contributed by atoms with Crippen LogP contribution < -0.4 is 0 Å². The number of hydrogen-bond donors (Lipinski definition) is 3. The van der Waals surface area contributed by atoms with E-state index in [4.69, 9.17) is 20.6 Å². The lowest BCUT2D eigenvalue weighted by Gasteiger charge is -2.10. The molecule has 4 nitrogen and oxygen atoms in total. The highest BCUT2D eigenvalue weighted by atomic mass is 16.7. The van der Waals surface area contributed by atoms with Gasteiger partial charge in [-0.25, -0.2) is 0 Å². The van der Waals surface area contributed by atoms with Gasteiger partial charge in [-0.3, -0.25) is 0 Å². The molecule has 0 aliphatic heterocycles. The Morgan fingerprint density at radius 1 is 1.56 bits per heavy atom. The van der Waals surface area contributed by atoms with Crippen LogP contribution in [-0.4, -0.2) is 21.3 Å². The second-order valence-corrected chi connectivity index (χ2v) is 1.45. The van der Waals surface area contributed by atoms with Crippen LogP contribution in [0.5, 0.6) is 0 Å². The Balaban J connectivity index is 4.39. The molecule has 4 heteroatoms. The van der Waals surface area contributed by atoms with Crippen molar-refractivity contribution in [2.75, 3.05) is 0 Å². The topological polar surface area (TPSA) is 84.5 Å². The smallest absolute Gasteiger partial charge is 0.314 e. The molecule has 9 heavy (non-hydrogen) atoms. The second kappa shape index (κ2) is 2.60. The zero-order valence-corrected chi connectivity index (χ0v) is 4.87. The Kier molecular flexibility index (Phi) is 2.34. The first-order chi connectivity index (χ1) is 4.02. The third kappa shape index (κ3) is 2.24. The summed E-state index contributed by atoms with van der Waals surface area (Å²) in [5.41, 5.74) is -0.484. The van der Waals surface area contributed by atoms with Crippen molar-refractivity contribution in [3.8, 4) is 6.07 Å². The molecule has 0 bridgehead atoms. The first kappa shape index (κ1) is 8.11. The normalized spacial score (nSPS) is 13.0. The van der Waals surface area contributed by atoms with Gasteiger partial charge in [0.25, 0.3) is 0 Å². The summed E-state index contributed by atoms with van der Waals surface area (Å²) in [6, 6.07) is 1.40. The molecule has 0 saturated heterocycles. The molecule has 0 atom stereocenters. The number of allylic oxidation sites excluding steroid dienone is 1. The maximum absolute atomic E-state index is 8.30. The standard InChI is InChI=1S/C5H7NO3/c1-2-4(3-6)5(7,8)9/h2,7-9H,1H3. The second-order valence-electron chi connectivity index (χ2n) is 1.45. The van der Waals surface area contributed by atoms with Crippen LogP contribution >= 0.6 is 0 Å². The van der Waals surface area contributed by atoms with Gasteiger partial charge in [-0.15, -0.1) is 0 Å². The van der Waals surface area contributed by atoms with E-state index in [0.717, 1.165) is 6.08 Å². The van der Waals surface area contributed by atoms with E-state index in [2.05, 4.69) is 0 Å². The highest BCUT2D eigenvalue weighted by Gasteiger charge is 2.23. The van der Waals surface area contributed by atoms with Crippen molar-refractivity contribution in [3.05, 3.63) is 11.6 Å². The summed E-state index contributed by atoms with van der Waals surface area (Å²) in [7, 11) is 0. The Bertz CT molecular complexity index is 160. The summed E-state index contributed by atoms with van der Waals surface area (Å²) in [5, 5.41) is 33.0. The zero-order valence-electron chi connectivity index (χ0n) is 4.87. The maximum Gasteiger partial charge on any atom is 0.314 e. The minimum Gasteiger partial charge on any atom is -0.339 e. The van der Waals surface area contributed by atoms with E-state index < -0.39 is 11.5 Å². The molecule has 0 aromatic carbocycles. The van der Waals surface area contributed by atoms with Crippen LogP contribution in [0.3, 0.4) is 0 Å². The largest absolute Gasteiger partial charge is 0.339 e. The molecule has 0 aromatic heterocycles. The van der Waals surface area contributed by atoms with Gasteiger partial charge in [-0.2, -0.15) is 5.26 Å². The van der Waals surface area contributed by atoms with Crippen LogP contribution in [0.2, 0.25) is 0 Å². The molecular weight excluding hydrogens is 122 g/mol. The van der Waals surface area contributed by atoms with Gasteiger partial charge in [-0.1, -0.05) is 6.08 Å².